The first-order chi connectivity index (χ1) is 8.53. The smallest absolute Gasteiger partial charge is 0.135 e. The Hall–Kier alpha value is -1.03. The Balaban J connectivity index is 2.18. The molecule has 0 saturated heterocycles. The van der Waals surface area contributed by atoms with E-state index in [1.807, 2.05) is 12.1 Å². The Kier molecular flexibility index (Phi) is 2.85. The highest BCUT2D eigenvalue weighted by molar-refractivity contribution is 14.1. The molecule has 0 amide bonds. The fourth-order valence-electron chi connectivity index (χ4n) is 2.37. The second-order valence-corrected chi connectivity index (χ2v) is 8.24. The summed E-state index contributed by atoms with van der Waals surface area (Å²) in [6, 6.07) is 14.8. The summed E-state index contributed by atoms with van der Waals surface area (Å²) in [7, 11) is 0. The summed E-state index contributed by atoms with van der Waals surface area (Å²) in [6.07, 6.45) is 1.07. The van der Waals surface area contributed by atoms with Gasteiger partial charge < -0.3 is 4.42 Å². The summed E-state index contributed by atoms with van der Waals surface area (Å²) >= 11 is 2.50. The average molecular weight is 350 g/mol. The Morgan fingerprint density at radius 1 is 1.00 bits per heavy atom. The van der Waals surface area contributed by atoms with E-state index < -0.39 is 0 Å². The van der Waals surface area contributed by atoms with Gasteiger partial charge in [0, 0.05) is 14.2 Å². The Labute approximate surface area is 120 Å². The van der Waals surface area contributed by atoms with Gasteiger partial charge in [0.25, 0.3) is 0 Å². The van der Waals surface area contributed by atoms with Crippen molar-refractivity contribution in [3.8, 4) is 0 Å². The summed E-state index contributed by atoms with van der Waals surface area (Å²) in [5, 5.41) is 2.43. The molecule has 1 aromatic heterocycles. The zero-order valence-electron chi connectivity index (χ0n) is 10.5. The summed E-state index contributed by atoms with van der Waals surface area (Å²) < 4.78 is 6.12. The van der Waals surface area contributed by atoms with Crippen molar-refractivity contribution in [1.29, 1.82) is 0 Å². The van der Waals surface area contributed by atoms with Crippen LogP contribution in [0.15, 0.2) is 46.9 Å². The monoisotopic (exact) mass is 350 g/mol. The molecule has 0 saturated carbocycles. The zero-order chi connectivity index (χ0) is 12.8. The molecule has 3 rings (SSSR count). The molecule has 0 fully saturated rings. The summed E-state index contributed by atoms with van der Waals surface area (Å²) in [6.45, 7) is 4.51. The summed E-state index contributed by atoms with van der Waals surface area (Å²) in [5.74, 6) is 0. The van der Waals surface area contributed by atoms with E-state index in [-0.39, 0.29) is 3.42 Å². The third kappa shape index (κ3) is 2.26. The van der Waals surface area contributed by atoms with E-state index in [1.165, 1.54) is 16.3 Å². The number of furan rings is 1. The minimum atomic E-state index is 0.283. The van der Waals surface area contributed by atoms with Crippen LogP contribution in [0.4, 0.5) is 0 Å². The van der Waals surface area contributed by atoms with E-state index in [9.17, 15) is 0 Å². The van der Waals surface area contributed by atoms with Gasteiger partial charge in [0.1, 0.15) is 11.2 Å². The lowest BCUT2D eigenvalue weighted by Gasteiger charge is -2.15. The number of rotatable bonds is 2. The van der Waals surface area contributed by atoms with Crippen LogP contribution in [0.5, 0.6) is 0 Å². The maximum atomic E-state index is 5.84. The molecule has 0 aliphatic carbocycles. The molecule has 0 atom stereocenters. The van der Waals surface area contributed by atoms with Crippen molar-refractivity contribution in [1.82, 2.24) is 0 Å². The highest BCUT2D eigenvalue weighted by atomic mass is 127. The molecule has 1 nitrogen and oxygen atoms in total. The highest BCUT2D eigenvalue weighted by Gasteiger charge is 2.14. The van der Waals surface area contributed by atoms with E-state index in [4.69, 9.17) is 4.42 Å². The molecule has 18 heavy (non-hydrogen) atoms. The molecule has 0 radical (unpaired) electrons. The number of fused-ring (bicyclic) bond motifs is 3. The van der Waals surface area contributed by atoms with Gasteiger partial charge in [0.2, 0.25) is 0 Å². The van der Waals surface area contributed by atoms with Gasteiger partial charge in [-0.05, 0) is 30.2 Å². The lowest BCUT2D eigenvalue weighted by atomic mass is 10.0. The highest BCUT2D eigenvalue weighted by Crippen LogP contribution is 2.31. The largest absolute Gasteiger partial charge is 0.456 e. The van der Waals surface area contributed by atoms with Crippen LogP contribution in [0, 0.1) is 0 Å². The molecular weight excluding hydrogens is 335 g/mol. The van der Waals surface area contributed by atoms with Gasteiger partial charge in [0.05, 0.1) is 0 Å². The zero-order valence-corrected chi connectivity index (χ0v) is 12.7. The molecule has 3 aromatic rings. The van der Waals surface area contributed by atoms with Crippen LogP contribution >= 0.6 is 22.6 Å². The van der Waals surface area contributed by atoms with E-state index in [2.05, 4.69) is 66.8 Å². The number of para-hydroxylation sites is 1. The van der Waals surface area contributed by atoms with Gasteiger partial charge in [-0.25, -0.2) is 0 Å². The molecule has 0 N–H and O–H groups in total. The van der Waals surface area contributed by atoms with Gasteiger partial charge in [0.15, 0.2) is 0 Å². The normalized spacial score (nSPS) is 12.4. The van der Waals surface area contributed by atoms with Crippen LogP contribution in [0.3, 0.4) is 0 Å². The van der Waals surface area contributed by atoms with Crippen molar-refractivity contribution in [2.24, 2.45) is 0 Å². The summed E-state index contributed by atoms with van der Waals surface area (Å²) in [4.78, 5) is 0. The van der Waals surface area contributed by atoms with Crippen LogP contribution in [-0.2, 0) is 6.42 Å². The predicted molar refractivity (Wildman–Crippen MR) is 85.5 cm³/mol. The van der Waals surface area contributed by atoms with Gasteiger partial charge in [-0.1, -0.05) is 60.7 Å². The van der Waals surface area contributed by atoms with Crippen LogP contribution in [0.2, 0.25) is 0 Å². The number of alkyl halides is 1. The lowest BCUT2D eigenvalue weighted by Crippen LogP contribution is -2.12. The van der Waals surface area contributed by atoms with Gasteiger partial charge >= 0.3 is 0 Å². The second kappa shape index (κ2) is 4.26. The number of halogens is 1. The average Bonchev–Trinajstić information content (AvgIpc) is 2.65. The number of benzene rings is 2. The van der Waals surface area contributed by atoms with Crippen molar-refractivity contribution in [3.63, 3.8) is 0 Å². The maximum Gasteiger partial charge on any atom is 0.135 e. The van der Waals surface area contributed by atoms with Crippen molar-refractivity contribution in [2.45, 2.75) is 23.7 Å². The van der Waals surface area contributed by atoms with E-state index >= 15 is 0 Å². The molecule has 0 unspecified atom stereocenters. The van der Waals surface area contributed by atoms with Crippen molar-refractivity contribution < 1.29 is 4.42 Å². The Morgan fingerprint density at radius 2 is 1.72 bits per heavy atom. The molecule has 92 valence electrons. The Morgan fingerprint density at radius 3 is 2.50 bits per heavy atom. The van der Waals surface area contributed by atoms with Gasteiger partial charge in [-0.15, -0.1) is 0 Å². The first kappa shape index (κ1) is 12.0. The fourth-order valence-corrected chi connectivity index (χ4v) is 2.81. The fraction of sp³-hybridized carbons (Fsp3) is 0.250. The van der Waals surface area contributed by atoms with Crippen molar-refractivity contribution in [2.75, 3.05) is 0 Å². The van der Waals surface area contributed by atoms with Crippen molar-refractivity contribution >= 4 is 44.5 Å². The van der Waals surface area contributed by atoms with Gasteiger partial charge in [-0.3, -0.25) is 0 Å². The molecule has 2 aromatic carbocycles. The first-order valence-corrected chi connectivity index (χ1v) is 7.20. The number of hydrogen-bond donors (Lipinski definition) is 0. The maximum absolute atomic E-state index is 5.84. The molecule has 0 aliphatic rings. The predicted octanol–water partition coefficient (Wildman–Crippen LogP) is 5.34. The second-order valence-electron chi connectivity index (χ2n) is 5.32. The third-order valence-electron chi connectivity index (χ3n) is 3.07. The minimum Gasteiger partial charge on any atom is -0.456 e. The topological polar surface area (TPSA) is 13.1 Å². The minimum absolute atomic E-state index is 0.283. The lowest BCUT2D eigenvalue weighted by molar-refractivity contribution is 0.668. The quantitative estimate of drug-likeness (QED) is 0.449. The number of hydrogen-bond acceptors (Lipinski definition) is 1. The van der Waals surface area contributed by atoms with Gasteiger partial charge in [-0.2, -0.15) is 0 Å². The molecule has 1 heterocycles. The first-order valence-electron chi connectivity index (χ1n) is 6.12. The summed E-state index contributed by atoms with van der Waals surface area (Å²) in [5.41, 5.74) is 3.32. The molecule has 2 heteroatoms. The SMILES string of the molecule is CC(C)(I)Cc1ccc2oc3ccccc3c2c1. The molecule has 0 aliphatic heterocycles. The molecular formula is C16H15IO. The van der Waals surface area contributed by atoms with Crippen molar-refractivity contribution in [3.05, 3.63) is 48.0 Å². The van der Waals surface area contributed by atoms with Crippen LogP contribution in [-0.4, -0.2) is 3.42 Å². The van der Waals surface area contributed by atoms with E-state index in [0.29, 0.717) is 0 Å². The molecule has 0 spiro atoms. The van der Waals surface area contributed by atoms with Crippen LogP contribution in [0.1, 0.15) is 19.4 Å². The van der Waals surface area contributed by atoms with E-state index in [0.717, 1.165) is 17.6 Å². The third-order valence-corrected chi connectivity index (χ3v) is 3.45. The van der Waals surface area contributed by atoms with Crippen LogP contribution in [0.25, 0.3) is 21.9 Å². The van der Waals surface area contributed by atoms with Crippen LogP contribution < -0.4 is 0 Å². The molecule has 0 bridgehead atoms. The standard InChI is InChI=1S/C16H15IO/c1-16(2,17)10-11-7-8-15-13(9-11)12-5-3-4-6-14(12)18-15/h3-9H,10H2,1-2H3. The Bertz CT molecular complexity index is 704. The van der Waals surface area contributed by atoms with E-state index in [1.54, 1.807) is 0 Å².